The molecular weight excluding hydrogens is 400 g/mol. The zero-order valence-corrected chi connectivity index (χ0v) is 17.6. The monoisotopic (exact) mass is 426 g/mol. The summed E-state index contributed by atoms with van der Waals surface area (Å²) in [5.41, 5.74) is 6.43. The quantitative estimate of drug-likeness (QED) is 0.705. The van der Waals surface area contributed by atoms with Crippen LogP contribution in [-0.2, 0) is 16.0 Å². The van der Waals surface area contributed by atoms with Gasteiger partial charge in [-0.15, -0.1) is 23.7 Å². The smallest absolute Gasteiger partial charge is 0.243 e. The molecule has 2 aliphatic carbocycles. The van der Waals surface area contributed by atoms with E-state index in [-0.39, 0.29) is 31.0 Å². The second-order valence-corrected chi connectivity index (χ2v) is 8.48. The summed E-state index contributed by atoms with van der Waals surface area (Å²) in [6, 6.07) is 0.590. The van der Waals surface area contributed by atoms with Gasteiger partial charge in [-0.2, -0.15) is 0 Å². The molecule has 28 heavy (non-hydrogen) atoms. The molecule has 0 aliphatic heterocycles. The van der Waals surface area contributed by atoms with Gasteiger partial charge in [0, 0.05) is 16.8 Å². The van der Waals surface area contributed by atoms with Gasteiger partial charge in [0.15, 0.2) is 0 Å². The van der Waals surface area contributed by atoms with Crippen LogP contribution in [0.4, 0.5) is 0 Å². The van der Waals surface area contributed by atoms with Gasteiger partial charge in [-0.1, -0.05) is 0 Å². The second kappa shape index (κ2) is 9.35. The van der Waals surface area contributed by atoms with Crippen LogP contribution in [0.3, 0.4) is 0 Å². The van der Waals surface area contributed by atoms with Crippen molar-refractivity contribution in [3.8, 4) is 5.88 Å². The van der Waals surface area contributed by atoms with Gasteiger partial charge >= 0.3 is 0 Å². The van der Waals surface area contributed by atoms with Crippen LogP contribution in [0.2, 0.25) is 0 Å². The lowest BCUT2D eigenvalue weighted by atomic mass is 9.93. The molecule has 2 aromatic heterocycles. The number of hydrogen-bond acceptors (Lipinski definition) is 7. The van der Waals surface area contributed by atoms with E-state index in [4.69, 9.17) is 15.2 Å². The molecule has 9 heteroatoms. The molecular formula is C19H27ClN4O3S. The topological polar surface area (TPSA) is 99.4 Å². The summed E-state index contributed by atoms with van der Waals surface area (Å²) in [5, 5.41) is 4.39. The van der Waals surface area contributed by atoms with Crippen molar-refractivity contribution in [1.82, 2.24) is 15.3 Å². The third-order valence-corrected chi connectivity index (χ3v) is 6.79. The normalized spacial score (nSPS) is 24.0. The van der Waals surface area contributed by atoms with E-state index in [1.165, 1.54) is 10.4 Å². The Morgan fingerprint density at radius 3 is 2.79 bits per heavy atom. The standard InChI is InChI=1S/C19H26N4O3S.ClH/c1-21-12-3-5-13(6-4-12)26-18-17-16-11(8-25-9-15(20)24)2-7-14(16)27-19(17)23-10-22-18;/h10-13,21H,2-9H2,1H3,(H2,20,24);1H/t11-,12?,13?;/m1./s1. The number of hydrogen-bond donors (Lipinski definition) is 2. The fourth-order valence-electron chi connectivity index (χ4n) is 4.23. The van der Waals surface area contributed by atoms with E-state index in [0.29, 0.717) is 18.5 Å². The predicted octanol–water partition coefficient (Wildman–Crippen LogP) is 2.55. The molecule has 1 amide bonds. The largest absolute Gasteiger partial charge is 0.474 e. The van der Waals surface area contributed by atoms with E-state index in [1.807, 2.05) is 7.05 Å². The summed E-state index contributed by atoms with van der Waals surface area (Å²) in [4.78, 5) is 22.2. The number of nitrogens with zero attached hydrogens (tertiary/aromatic N) is 2. The Labute approximate surface area is 174 Å². The van der Waals surface area contributed by atoms with Gasteiger partial charge in [0.2, 0.25) is 11.8 Å². The summed E-state index contributed by atoms with van der Waals surface area (Å²) in [5.74, 6) is 0.501. The Balaban J connectivity index is 0.00000225. The molecule has 0 bridgehead atoms. The lowest BCUT2D eigenvalue weighted by molar-refractivity contribution is -0.122. The summed E-state index contributed by atoms with van der Waals surface area (Å²) in [6.07, 6.45) is 8.14. The molecule has 0 spiro atoms. The van der Waals surface area contributed by atoms with Crippen LogP contribution < -0.4 is 15.8 Å². The van der Waals surface area contributed by atoms with Gasteiger partial charge in [0.25, 0.3) is 0 Å². The molecule has 3 N–H and O–H groups in total. The van der Waals surface area contributed by atoms with Crippen molar-refractivity contribution < 1.29 is 14.3 Å². The van der Waals surface area contributed by atoms with E-state index < -0.39 is 5.91 Å². The van der Waals surface area contributed by atoms with Crippen molar-refractivity contribution in [3.05, 3.63) is 16.8 Å². The Bertz CT molecular complexity index is 823. The number of thiophene rings is 1. The van der Waals surface area contributed by atoms with Crippen molar-refractivity contribution in [2.24, 2.45) is 5.73 Å². The van der Waals surface area contributed by atoms with Crippen LogP contribution in [0, 0.1) is 0 Å². The average Bonchev–Trinajstić information content (AvgIpc) is 3.22. The Morgan fingerprint density at radius 1 is 1.29 bits per heavy atom. The number of carbonyl (C=O) groups excluding carboxylic acids is 1. The van der Waals surface area contributed by atoms with Gasteiger partial charge < -0.3 is 20.5 Å². The lowest BCUT2D eigenvalue weighted by Gasteiger charge is -2.28. The molecule has 0 radical (unpaired) electrons. The van der Waals surface area contributed by atoms with E-state index >= 15 is 0 Å². The van der Waals surface area contributed by atoms with Crippen LogP contribution in [0.5, 0.6) is 5.88 Å². The number of rotatable bonds is 7. The minimum absolute atomic E-state index is 0. The van der Waals surface area contributed by atoms with E-state index in [9.17, 15) is 4.79 Å². The lowest BCUT2D eigenvalue weighted by Crippen LogP contribution is -2.34. The molecule has 1 saturated carbocycles. The maximum Gasteiger partial charge on any atom is 0.243 e. The van der Waals surface area contributed by atoms with E-state index in [1.54, 1.807) is 17.7 Å². The number of carbonyl (C=O) groups is 1. The number of ether oxygens (including phenoxy) is 2. The Kier molecular flexibility index (Phi) is 7.09. The van der Waals surface area contributed by atoms with Crippen LogP contribution in [0.1, 0.15) is 48.5 Å². The van der Waals surface area contributed by atoms with Crippen molar-refractivity contribution in [3.63, 3.8) is 0 Å². The SMILES string of the molecule is CNC1CCC(Oc2ncnc3sc4c(c23)[C@@H](COCC(N)=O)CC4)CC1.Cl. The Morgan fingerprint density at radius 2 is 2.07 bits per heavy atom. The molecule has 0 unspecified atom stereocenters. The number of nitrogens with one attached hydrogen (secondary N) is 1. The van der Waals surface area contributed by atoms with Crippen LogP contribution in [-0.4, -0.2) is 48.3 Å². The molecule has 2 aliphatic rings. The molecule has 2 aromatic rings. The zero-order valence-electron chi connectivity index (χ0n) is 16.0. The van der Waals surface area contributed by atoms with Crippen molar-refractivity contribution in [2.45, 2.75) is 56.6 Å². The molecule has 154 valence electrons. The number of nitrogens with two attached hydrogens (primary N) is 1. The highest BCUT2D eigenvalue weighted by Crippen LogP contribution is 2.46. The summed E-state index contributed by atoms with van der Waals surface area (Å²) >= 11 is 1.72. The van der Waals surface area contributed by atoms with Gasteiger partial charge in [0.05, 0.1) is 12.0 Å². The van der Waals surface area contributed by atoms with Crippen molar-refractivity contribution in [2.75, 3.05) is 20.3 Å². The molecule has 1 atom stereocenters. The van der Waals surface area contributed by atoms with Crippen LogP contribution in [0.25, 0.3) is 10.2 Å². The average molecular weight is 427 g/mol. The number of primary amides is 1. The second-order valence-electron chi connectivity index (χ2n) is 7.40. The van der Waals surface area contributed by atoms with Crippen LogP contribution in [0.15, 0.2) is 6.33 Å². The molecule has 0 saturated heterocycles. The summed E-state index contributed by atoms with van der Waals surface area (Å²) < 4.78 is 11.9. The Hall–Kier alpha value is -1.48. The predicted molar refractivity (Wildman–Crippen MR) is 111 cm³/mol. The van der Waals surface area contributed by atoms with Crippen molar-refractivity contribution >= 4 is 39.9 Å². The highest BCUT2D eigenvalue weighted by molar-refractivity contribution is 7.19. The van der Waals surface area contributed by atoms with Gasteiger partial charge in [-0.25, -0.2) is 9.97 Å². The number of aryl methyl sites for hydroxylation is 1. The van der Waals surface area contributed by atoms with E-state index in [0.717, 1.165) is 48.7 Å². The first-order valence-electron chi connectivity index (χ1n) is 9.62. The van der Waals surface area contributed by atoms with Gasteiger partial charge in [-0.3, -0.25) is 4.79 Å². The first kappa shape index (κ1) is 21.2. The highest BCUT2D eigenvalue weighted by Gasteiger charge is 2.31. The zero-order chi connectivity index (χ0) is 18.8. The number of amides is 1. The minimum atomic E-state index is -0.437. The fraction of sp³-hybridized carbons (Fsp3) is 0.632. The van der Waals surface area contributed by atoms with Gasteiger partial charge in [0.1, 0.15) is 23.9 Å². The number of aromatic nitrogens is 2. The molecule has 1 fully saturated rings. The van der Waals surface area contributed by atoms with Gasteiger partial charge in [-0.05, 0) is 51.1 Å². The van der Waals surface area contributed by atoms with E-state index in [2.05, 4.69) is 15.3 Å². The van der Waals surface area contributed by atoms with Crippen LogP contribution >= 0.6 is 23.7 Å². The number of halogens is 1. The molecule has 2 heterocycles. The maximum atomic E-state index is 11.0. The third kappa shape index (κ3) is 4.40. The molecule has 7 nitrogen and oxygen atoms in total. The number of fused-ring (bicyclic) bond motifs is 3. The first-order chi connectivity index (χ1) is 13.2. The minimum Gasteiger partial charge on any atom is -0.474 e. The molecule has 0 aromatic carbocycles. The summed E-state index contributed by atoms with van der Waals surface area (Å²) in [6.45, 7) is 0.450. The summed E-state index contributed by atoms with van der Waals surface area (Å²) in [7, 11) is 2.02. The fourth-order valence-corrected chi connectivity index (χ4v) is 5.46. The van der Waals surface area contributed by atoms with Crippen molar-refractivity contribution in [1.29, 1.82) is 0 Å². The third-order valence-electron chi connectivity index (χ3n) is 5.62. The maximum absolute atomic E-state index is 11.0. The highest BCUT2D eigenvalue weighted by atomic mass is 35.5. The first-order valence-corrected chi connectivity index (χ1v) is 10.4. The molecule has 4 rings (SSSR count).